The van der Waals surface area contributed by atoms with E-state index in [0.717, 1.165) is 0 Å². The van der Waals surface area contributed by atoms with Gasteiger partial charge in [-0.3, -0.25) is 0 Å². The predicted molar refractivity (Wildman–Crippen MR) is 66.4 cm³/mol. The fraction of sp³-hybridized carbons (Fsp3) is 0.833. The normalized spacial score (nSPS) is 25.6. The number of amides is 2. The van der Waals surface area contributed by atoms with Crippen LogP contribution < -0.4 is 10.6 Å². The molecule has 2 unspecified atom stereocenters. The lowest BCUT2D eigenvalue weighted by Gasteiger charge is -2.30. The first-order valence-electron chi connectivity index (χ1n) is 6.07. The number of carbonyl (C=O) groups excluding carboxylic acids is 1. The number of urea groups is 1. The Bertz CT molecular complexity index is 329. The van der Waals surface area contributed by atoms with E-state index in [9.17, 15) is 14.7 Å². The molecular formula is C12H22N2O4. The van der Waals surface area contributed by atoms with Gasteiger partial charge in [-0.05, 0) is 12.3 Å². The Morgan fingerprint density at radius 1 is 1.39 bits per heavy atom. The predicted octanol–water partition coefficient (Wildman–Crippen LogP) is 0.964. The molecule has 0 aromatic carbocycles. The highest BCUT2D eigenvalue weighted by Crippen LogP contribution is 2.20. The number of hydrogen-bond donors (Lipinski definition) is 3. The molecule has 0 aromatic rings. The highest BCUT2D eigenvalue weighted by atomic mass is 16.5. The van der Waals surface area contributed by atoms with Crippen LogP contribution in [0, 0.1) is 5.41 Å². The first-order chi connectivity index (χ1) is 8.17. The van der Waals surface area contributed by atoms with Gasteiger partial charge in [-0.25, -0.2) is 9.59 Å². The molecule has 0 saturated carbocycles. The molecule has 1 fully saturated rings. The number of carbonyl (C=O) groups is 2. The zero-order chi connectivity index (χ0) is 14.0. The summed E-state index contributed by atoms with van der Waals surface area (Å²) in [5.74, 6) is -1.06. The Hall–Kier alpha value is -1.30. The molecule has 18 heavy (non-hydrogen) atoms. The lowest BCUT2D eigenvalue weighted by Crippen LogP contribution is -2.59. The van der Waals surface area contributed by atoms with Gasteiger partial charge in [0, 0.05) is 19.1 Å². The van der Waals surface area contributed by atoms with E-state index in [0.29, 0.717) is 13.0 Å². The van der Waals surface area contributed by atoms with E-state index >= 15 is 0 Å². The van der Waals surface area contributed by atoms with Crippen LogP contribution in [0.5, 0.6) is 0 Å². The van der Waals surface area contributed by atoms with Crippen molar-refractivity contribution in [2.45, 2.75) is 45.7 Å². The van der Waals surface area contributed by atoms with E-state index in [-0.39, 0.29) is 18.1 Å². The number of nitrogens with one attached hydrogen (secondary N) is 2. The maximum Gasteiger partial charge on any atom is 0.332 e. The van der Waals surface area contributed by atoms with Gasteiger partial charge in [-0.2, -0.15) is 0 Å². The Kier molecular flexibility index (Phi) is 4.21. The summed E-state index contributed by atoms with van der Waals surface area (Å²) in [5.41, 5.74) is -1.37. The van der Waals surface area contributed by atoms with Crippen molar-refractivity contribution in [3.05, 3.63) is 0 Å². The van der Waals surface area contributed by atoms with Gasteiger partial charge in [0.15, 0.2) is 5.54 Å². The summed E-state index contributed by atoms with van der Waals surface area (Å²) in [4.78, 5) is 23.0. The summed E-state index contributed by atoms with van der Waals surface area (Å²) in [6, 6.07) is -0.531. The molecule has 2 amide bonds. The van der Waals surface area contributed by atoms with Gasteiger partial charge >= 0.3 is 12.0 Å². The van der Waals surface area contributed by atoms with Crippen molar-refractivity contribution in [3.63, 3.8) is 0 Å². The molecule has 1 saturated heterocycles. The number of rotatable bonds is 3. The summed E-state index contributed by atoms with van der Waals surface area (Å²) in [5, 5.41) is 14.5. The van der Waals surface area contributed by atoms with Crippen molar-refractivity contribution < 1.29 is 19.4 Å². The Morgan fingerprint density at radius 2 is 2.00 bits per heavy atom. The van der Waals surface area contributed by atoms with Crippen molar-refractivity contribution in [2.24, 2.45) is 5.41 Å². The third kappa shape index (κ3) is 3.35. The number of ether oxygens (including phenoxy) is 1. The smallest absolute Gasteiger partial charge is 0.332 e. The maximum atomic E-state index is 11.8. The van der Waals surface area contributed by atoms with Crippen LogP contribution in [0.2, 0.25) is 0 Å². The third-order valence-electron chi connectivity index (χ3n) is 3.43. The molecule has 2 atom stereocenters. The summed E-state index contributed by atoms with van der Waals surface area (Å²) in [7, 11) is 0. The number of carboxylic acid groups (broad SMARTS) is 1. The summed E-state index contributed by atoms with van der Waals surface area (Å²) in [6.45, 7) is 8.26. The van der Waals surface area contributed by atoms with Crippen LogP contribution >= 0.6 is 0 Å². The van der Waals surface area contributed by atoms with Gasteiger partial charge in [0.1, 0.15) is 0 Å². The molecule has 0 bridgehead atoms. The first kappa shape index (κ1) is 14.8. The van der Waals surface area contributed by atoms with Crippen molar-refractivity contribution in [3.8, 4) is 0 Å². The van der Waals surface area contributed by atoms with Crippen LogP contribution in [0.3, 0.4) is 0 Å². The molecule has 6 heteroatoms. The molecule has 0 aromatic heterocycles. The Morgan fingerprint density at radius 3 is 2.39 bits per heavy atom. The lowest BCUT2D eigenvalue weighted by molar-refractivity contribution is -0.144. The topological polar surface area (TPSA) is 87.7 Å². The molecule has 3 N–H and O–H groups in total. The number of aliphatic carboxylic acids is 1. The van der Waals surface area contributed by atoms with Crippen LogP contribution in [-0.2, 0) is 9.53 Å². The fourth-order valence-corrected chi connectivity index (χ4v) is 1.55. The minimum absolute atomic E-state index is 0.0135. The van der Waals surface area contributed by atoms with E-state index in [4.69, 9.17) is 4.74 Å². The summed E-state index contributed by atoms with van der Waals surface area (Å²) >= 11 is 0. The van der Waals surface area contributed by atoms with Gasteiger partial charge < -0.3 is 20.5 Å². The molecule has 0 radical (unpaired) electrons. The third-order valence-corrected chi connectivity index (χ3v) is 3.43. The van der Waals surface area contributed by atoms with E-state index < -0.39 is 17.5 Å². The highest BCUT2D eigenvalue weighted by Gasteiger charge is 2.44. The number of carboxylic acids is 1. The van der Waals surface area contributed by atoms with Crippen molar-refractivity contribution in [2.75, 3.05) is 13.2 Å². The molecule has 1 rings (SSSR count). The largest absolute Gasteiger partial charge is 0.479 e. The molecule has 6 nitrogen and oxygen atoms in total. The van der Waals surface area contributed by atoms with Crippen LogP contribution in [0.4, 0.5) is 4.79 Å². The van der Waals surface area contributed by atoms with Gasteiger partial charge in [-0.15, -0.1) is 0 Å². The minimum Gasteiger partial charge on any atom is -0.479 e. The van der Waals surface area contributed by atoms with E-state index in [1.165, 1.54) is 0 Å². The highest BCUT2D eigenvalue weighted by molar-refractivity contribution is 5.86. The van der Waals surface area contributed by atoms with E-state index in [2.05, 4.69) is 10.6 Å². The average Bonchev–Trinajstić information content (AvgIpc) is 2.65. The molecule has 0 aliphatic carbocycles. The second kappa shape index (κ2) is 5.14. The van der Waals surface area contributed by atoms with Crippen molar-refractivity contribution in [1.82, 2.24) is 10.6 Å². The molecule has 0 spiro atoms. The molecule has 104 valence electrons. The van der Waals surface area contributed by atoms with E-state index in [1.807, 2.05) is 27.7 Å². The van der Waals surface area contributed by atoms with Crippen molar-refractivity contribution in [1.29, 1.82) is 0 Å². The SMILES string of the molecule is CC(NC(=O)NC1(C(=O)O)CCOC1)C(C)(C)C. The van der Waals surface area contributed by atoms with E-state index in [1.54, 1.807) is 0 Å². The van der Waals surface area contributed by atoms with Crippen LogP contribution in [0.1, 0.15) is 34.1 Å². The molecule has 1 aliphatic heterocycles. The van der Waals surface area contributed by atoms with Crippen LogP contribution in [0.25, 0.3) is 0 Å². The summed E-state index contributed by atoms with van der Waals surface area (Å²) < 4.78 is 5.07. The maximum absolute atomic E-state index is 11.8. The Labute approximate surface area is 107 Å². The molecule has 1 aliphatic rings. The standard InChI is InChI=1S/C12H22N2O4/c1-8(11(2,3)4)13-10(17)14-12(9(15)16)5-6-18-7-12/h8H,5-7H2,1-4H3,(H,15,16)(H2,13,14,17). The van der Waals surface area contributed by atoms with Gasteiger partial charge in [-0.1, -0.05) is 20.8 Å². The Balaban J connectivity index is 2.61. The molecule has 1 heterocycles. The first-order valence-corrected chi connectivity index (χ1v) is 6.07. The number of hydrogen-bond acceptors (Lipinski definition) is 3. The van der Waals surface area contributed by atoms with Crippen LogP contribution in [-0.4, -0.2) is 41.9 Å². The average molecular weight is 258 g/mol. The monoisotopic (exact) mass is 258 g/mol. The second-order valence-corrected chi connectivity index (χ2v) is 5.88. The lowest BCUT2D eigenvalue weighted by atomic mass is 9.88. The minimum atomic E-state index is -1.29. The zero-order valence-electron chi connectivity index (χ0n) is 11.4. The fourth-order valence-electron chi connectivity index (χ4n) is 1.55. The van der Waals surface area contributed by atoms with Crippen LogP contribution in [0.15, 0.2) is 0 Å². The van der Waals surface area contributed by atoms with Crippen molar-refractivity contribution >= 4 is 12.0 Å². The quantitative estimate of drug-likeness (QED) is 0.703. The second-order valence-electron chi connectivity index (χ2n) is 5.88. The molecular weight excluding hydrogens is 236 g/mol. The van der Waals surface area contributed by atoms with Gasteiger partial charge in [0.25, 0.3) is 0 Å². The summed E-state index contributed by atoms with van der Waals surface area (Å²) in [6.07, 6.45) is 0.291. The van der Waals surface area contributed by atoms with Gasteiger partial charge in [0.05, 0.1) is 6.61 Å². The van der Waals surface area contributed by atoms with Gasteiger partial charge in [0.2, 0.25) is 0 Å². The zero-order valence-corrected chi connectivity index (χ0v) is 11.4.